The first-order valence-electron chi connectivity index (χ1n) is 6.54. The molecule has 4 nitrogen and oxygen atoms in total. The summed E-state index contributed by atoms with van der Waals surface area (Å²) in [6, 6.07) is 9.98. The number of amides is 1. The largest absolute Gasteiger partial charge is 0.379 e. The van der Waals surface area contributed by atoms with E-state index in [1.165, 1.54) is 0 Å². The van der Waals surface area contributed by atoms with Crippen molar-refractivity contribution in [2.45, 2.75) is 12.5 Å². The molecule has 0 N–H and O–H groups in total. The van der Waals surface area contributed by atoms with Gasteiger partial charge in [0.25, 0.3) is 0 Å². The van der Waals surface area contributed by atoms with Crippen LogP contribution in [0.25, 0.3) is 0 Å². The van der Waals surface area contributed by atoms with Gasteiger partial charge in [-0.05, 0) is 18.6 Å². The molecule has 1 amide bonds. The summed E-state index contributed by atoms with van der Waals surface area (Å²) in [5, 5.41) is 0. The molecule has 2 heterocycles. The lowest BCUT2D eigenvalue weighted by atomic mass is 10.2. The molecule has 4 heteroatoms. The molecule has 0 unspecified atom stereocenters. The maximum atomic E-state index is 12.4. The van der Waals surface area contributed by atoms with Crippen LogP contribution in [0.2, 0.25) is 0 Å². The Morgan fingerprint density at radius 3 is 2.50 bits per heavy atom. The third-order valence-corrected chi connectivity index (χ3v) is 3.73. The predicted molar refractivity (Wildman–Crippen MR) is 69.6 cm³/mol. The van der Waals surface area contributed by atoms with E-state index in [1.807, 2.05) is 35.2 Å². The lowest BCUT2D eigenvalue weighted by Crippen LogP contribution is -2.47. The number of carbonyl (C=O) groups excluding carboxylic acids is 1. The molecule has 1 aromatic rings. The highest BCUT2D eigenvalue weighted by Crippen LogP contribution is 2.24. The average molecular weight is 246 g/mol. The van der Waals surface area contributed by atoms with Gasteiger partial charge in [-0.1, -0.05) is 18.2 Å². The molecule has 2 aliphatic rings. The Morgan fingerprint density at radius 1 is 1.06 bits per heavy atom. The van der Waals surface area contributed by atoms with Gasteiger partial charge in [0.1, 0.15) is 0 Å². The van der Waals surface area contributed by atoms with Crippen molar-refractivity contribution in [1.29, 1.82) is 0 Å². The summed E-state index contributed by atoms with van der Waals surface area (Å²) in [6.07, 6.45) is 0.924. The van der Waals surface area contributed by atoms with Gasteiger partial charge in [-0.25, -0.2) is 0 Å². The highest BCUT2D eigenvalue weighted by molar-refractivity contribution is 5.99. The molecule has 2 fully saturated rings. The van der Waals surface area contributed by atoms with Crippen molar-refractivity contribution in [3.05, 3.63) is 30.3 Å². The van der Waals surface area contributed by atoms with Crippen LogP contribution >= 0.6 is 0 Å². The number of nitrogens with zero attached hydrogens (tertiary/aromatic N) is 2. The molecule has 0 aromatic heterocycles. The molecule has 96 valence electrons. The molecule has 2 saturated heterocycles. The van der Waals surface area contributed by atoms with Gasteiger partial charge >= 0.3 is 0 Å². The lowest BCUT2D eigenvalue weighted by molar-refractivity contribution is -0.123. The Morgan fingerprint density at radius 2 is 1.78 bits per heavy atom. The Labute approximate surface area is 107 Å². The highest BCUT2D eigenvalue weighted by Gasteiger charge is 2.36. The van der Waals surface area contributed by atoms with Crippen LogP contribution in [-0.2, 0) is 9.53 Å². The average Bonchev–Trinajstić information content (AvgIpc) is 2.83. The van der Waals surface area contributed by atoms with Crippen LogP contribution in [0, 0.1) is 0 Å². The number of hydrogen-bond donors (Lipinski definition) is 0. The Bertz CT molecular complexity index is 415. The van der Waals surface area contributed by atoms with Crippen LogP contribution in [0.1, 0.15) is 6.42 Å². The molecular weight excluding hydrogens is 228 g/mol. The van der Waals surface area contributed by atoms with Crippen LogP contribution in [0.15, 0.2) is 30.3 Å². The number of ether oxygens (including phenoxy) is 1. The molecule has 2 aliphatic heterocycles. The van der Waals surface area contributed by atoms with Gasteiger partial charge in [0.05, 0.1) is 19.3 Å². The zero-order valence-corrected chi connectivity index (χ0v) is 10.4. The van der Waals surface area contributed by atoms with E-state index in [-0.39, 0.29) is 11.9 Å². The summed E-state index contributed by atoms with van der Waals surface area (Å²) in [6.45, 7) is 4.06. The number of anilines is 1. The Balaban J connectivity index is 1.72. The SMILES string of the molecule is O=C1[C@@H](N2CCOCC2)CCN1c1ccccc1. The summed E-state index contributed by atoms with van der Waals surface area (Å²) in [5.41, 5.74) is 1.01. The van der Waals surface area contributed by atoms with Gasteiger partial charge in [-0.2, -0.15) is 0 Å². The molecule has 1 atom stereocenters. The first kappa shape index (κ1) is 11.7. The molecular formula is C14H18N2O2. The van der Waals surface area contributed by atoms with Crippen molar-refractivity contribution >= 4 is 11.6 Å². The van der Waals surface area contributed by atoms with Crippen molar-refractivity contribution in [3.8, 4) is 0 Å². The quantitative estimate of drug-likeness (QED) is 0.784. The van der Waals surface area contributed by atoms with Crippen LogP contribution in [0.3, 0.4) is 0 Å². The maximum Gasteiger partial charge on any atom is 0.244 e. The minimum atomic E-state index is 0.0501. The molecule has 0 radical (unpaired) electrons. The van der Waals surface area contributed by atoms with Gasteiger partial charge in [0.15, 0.2) is 0 Å². The van der Waals surface area contributed by atoms with Crippen molar-refractivity contribution < 1.29 is 9.53 Å². The summed E-state index contributed by atoms with van der Waals surface area (Å²) in [5.74, 6) is 0.239. The van der Waals surface area contributed by atoms with E-state index in [0.717, 1.165) is 45.0 Å². The third-order valence-electron chi connectivity index (χ3n) is 3.73. The topological polar surface area (TPSA) is 32.8 Å². The zero-order chi connectivity index (χ0) is 12.4. The molecule has 1 aromatic carbocycles. The first-order chi connectivity index (χ1) is 8.86. The second-order valence-corrected chi connectivity index (χ2v) is 4.78. The fourth-order valence-electron chi connectivity index (χ4n) is 2.76. The minimum Gasteiger partial charge on any atom is -0.379 e. The highest BCUT2D eigenvalue weighted by atomic mass is 16.5. The Kier molecular flexibility index (Phi) is 3.30. The monoisotopic (exact) mass is 246 g/mol. The van der Waals surface area contributed by atoms with Crippen LogP contribution < -0.4 is 4.90 Å². The second-order valence-electron chi connectivity index (χ2n) is 4.78. The molecule has 3 rings (SSSR count). The molecule has 0 spiro atoms. The molecule has 18 heavy (non-hydrogen) atoms. The first-order valence-corrected chi connectivity index (χ1v) is 6.54. The summed E-state index contributed by atoms with van der Waals surface area (Å²) in [7, 11) is 0. The van der Waals surface area contributed by atoms with Crippen LogP contribution in [0.4, 0.5) is 5.69 Å². The number of para-hydroxylation sites is 1. The minimum absolute atomic E-state index is 0.0501. The van der Waals surface area contributed by atoms with E-state index in [2.05, 4.69) is 4.90 Å². The van der Waals surface area contributed by atoms with Crippen LogP contribution in [0.5, 0.6) is 0 Å². The number of hydrogen-bond acceptors (Lipinski definition) is 3. The second kappa shape index (κ2) is 5.08. The molecule has 0 saturated carbocycles. The van der Waals surface area contributed by atoms with E-state index in [0.29, 0.717) is 0 Å². The van der Waals surface area contributed by atoms with Crippen molar-refractivity contribution in [2.75, 3.05) is 37.7 Å². The standard InChI is InChI=1S/C14H18N2O2/c17-14-13(15-8-10-18-11-9-15)6-7-16(14)12-4-2-1-3-5-12/h1-5,13H,6-11H2/t13-/m0/s1. The number of benzene rings is 1. The molecule has 0 bridgehead atoms. The summed E-state index contributed by atoms with van der Waals surface area (Å²) < 4.78 is 5.34. The van der Waals surface area contributed by atoms with E-state index in [4.69, 9.17) is 4.74 Å². The van der Waals surface area contributed by atoms with Gasteiger partial charge in [0, 0.05) is 25.3 Å². The van der Waals surface area contributed by atoms with E-state index >= 15 is 0 Å². The molecule has 0 aliphatic carbocycles. The predicted octanol–water partition coefficient (Wildman–Crippen LogP) is 1.12. The van der Waals surface area contributed by atoms with Crippen molar-refractivity contribution in [1.82, 2.24) is 4.90 Å². The van der Waals surface area contributed by atoms with Crippen molar-refractivity contribution in [3.63, 3.8) is 0 Å². The van der Waals surface area contributed by atoms with Gasteiger partial charge in [-0.3, -0.25) is 9.69 Å². The normalized spacial score (nSPS) is 25.7. The van der Waals surface area contributed by atoms with E-state index in [1.54, 1.807) is 0 Å². The number of rotatable bonds is 2. The third kappa shape index (κ3) is 2.13. The Hall–Kier alpha value is -1.39. The lowest BCUT2D eigenvalue weighted by Gasteiger charge is -2.31. The van der Waals surface area contributed by atoms with Gasteiger partial charge in [-0.15, -0.1) is 0 Å². The fraction of sp³-hybridized carbons (Fsp3) is 0.500. The maximum absolute atomic E-state index is 12.4. The fourth-order valence-corrected chi connectivity index (χ4v) is 2.76. The van der Waals surface area contributed by atoms with Crippen molar-refractivity contribution in [2.24, 2.45) is 0 Å². The van der Waals surface area contributed by atoms with Gasteiger partial charge in [0.2, 0.25) is 5.91 Å². The smallest absolute Gasteiger partial charge is 0.244 e. The number of carbonyl (C=O) groups is 1. The summed E-state index contributed by atoms with van der Waals surface area (Å²) in [4.78, 5) is 16.6. The summed E-state index contributed by atoms with van der Waals surface area (Å²) >= 11 is 0. The van der Waals surface area contributed by atoms with E-state index < -0.39 is 0 Å². The van der Waals surface area contributed by atoms with E-state index in [9.17, 15) is 4.79 Å². The zero-order valence-electron chi connectivity index (χ0n) is 10.4. The van der Waals surface area contributed by atoms with Gasteiger partial charge < -0.3 is 9.64 Å². The van der Waals surface area contributed by atoms with Crippen LogP contribution in [-0.4, -0.2) is 49.7 Å². The number of morpholine rings is 1.